The smallest absolute Gasteiger partial charge is 0.266 e. The van der Waals surface area contributed by atoms with Crippen molar-refractivity contribution in [3.05, 3.63) is 74.9 Å². The van der Waals surface area contributed by atoms with Crippen LogP contribution in [0.15, 0.2) is 58.1 Å². The summed E-state index contributed by atoms with van der Waals surface area (Å²) in [6, 6.07) is 13.1. The van der Waals surface area contributed by atoms with Gasteiger partial charge in [0.2, 0.25) is 5.43 Å². The number of hydrogen-bond acceptors (Lipinski definition) is 4. The molecule has 0 saturated heterocycles. The number of nitrogens with zero attached hydrogens (tertiary/aromatic N) is 2. The van der Waals surface area contributed by atoms with Gasteiger partial charge in [0.05, 0.1) is 0 Å². The maximum atomic E-state index is 13.3. The summed E-state index contributed by atoms with van der Waals surface area (Å²) < 4.78 is 15.7. The molecule has 0 radical (unpaired) electrons. The molecule has 2 aromatic heterocycles. The summed E-state index contributed by atoms with van der Waals surface area (Å²) >= 11 is 1.33. The number of benzene rings is 2. The van der Waals surface area contributed by atoms with Crippen LogP contribution in [0.4, 0.5) is 4.39 Å². The zero-order chi connectivity index (χ0) is 19.0. The van der Waals surface area contributed by atoms with E-state index >= 15 is 0 Å². The Morgan fingerprint density at radius 2 is 1.81 bits per heavy atom. The quantitative estimate of drug-likeness (QED) is 0.487. The van der Waals surface area contributed by atoms with Crippen LogP contribution in [0.1, 0.15) is 19.8 Å². The molecule has 0 fully saturated rings. The van der Waals surface area contributed by atoms with Crippen LogP contribution in [0.2, 0.25) is 0 Å². The van der Waals surface area contributed by atoms with Crippen molar-refractivity contribution in [2.45, 2.75) is 26.3 Å². The molecule has 0 spiro atoms. The average molecular weight is 380 g/mol. The molecule has 0 aliphatic carbocycles. The third-order valence-electron chi connectivity index (χ3n) is 4.54. The van der Waals surface area contributed by atoms with E-state index in [1.807, 2.05) is 19.1 Å². The summed E-state index contributed by atoms with van der Waals surface area (Å²) in [5, 5.41) is 0.658. The fourth-order valence-corrected chi connectivity index (χ4v) is 4.17. The Bertz CT molecular complexity index is 1260. The van der Waals surface area contributed by atoms with Crippen LogP contribution in [-0.4, -0.2) is 9.55 Å². The molecule has 2 heterocycles. The summed E-state index contributed by atoms with van der Waals surface area (Å²) in [6.07, 6.45) is 1.68. The highest BCUT2D eigenvalue weighted by Crippen LogP contribution is 2.25. The van der Waals surface area contributed by atoms with Gasteiger partial charge in [0.15, 0.2) is 0 Å². The summed E-state index contributed by atoms with van der Waals surface area (Å²) in [7, 11) is 0. The minimum absolute atomic E-state index is 0.126. The molecular weight excluding hydrogens is 363 g/mol. The van der Waals surface area contributed by atoms with Gasteiger partial charge in [0.1, 0.15) is 21.9 Å². The van der Waals surface area contributed by atoms with Crippen LogP contribution >= 0.6 is 11.3 Å². The number of fused-ring (bicyclic) bond motifs is 2. The number of aromatic nitrogens is 2. The zero-order valence-electron chi connectivity index (χ0n) is 14.7. The van der Waals surface area contributed by atoms with Crippen molar-refractivity contribution >= 4 is 31.6 Å². The van der Waals surface area contributed by atoms with Gasteiger partial charge in [-0.15, -0.1) is 11.3 Å². The summed E-state index contributed by atoms with van der Waals surface area (Å²) in [5.41, 5.74) is 0.0341. The van der Waals surface area contributed by atoms with Gasteiger partial charge >= 0.3 is 0 Å². The molecule has 4 rings (SSSR count). The number of hydrogen-bond donors (Lipinski definition) is 0. The molecule has 4 aromatic rings. The molecule has 0 atom stereocenters. The monoisotopic (exact) mass is 380 g/mol. The first kappa shape index (κ1) is 17.5. The first-order valence-electron chi connectivity index (χ1n) is 8.82. The van der Waals surface area contributed by atoms with Crippen LogP contribution in [-0.2, 0) is 6.54 Å². The SMILES string of the molecule is CCCCn1c(-c2ccc(F)cc2)nc2sc3ccccc3c(=O)c2c1=O. The molecule has 6 heteroatoms. The van der Waals surface area contributed by atoms with Crippen LogP contribution in [0, 0.1) is 5.82 Å². The molecule has 0 N–H and O–H groups in total. The van der Waals surface area contributed by atoms with E-state index < -0.39 is 0 Å². The van der Waals surface area contributed by atoms with Crippen molar-refractivity contribution in [1.29, 1.82) is 0 Å². The Morgan fingerprint density at radius 1 is 1.07 bits per heavy atom. The Hall–Kier alpha value is -2.86. The largest absolute Gasteiger partial charge is 0.292 e. The molecular formula is C21H17FN2O2S. The van der Waals surface area contributed by atoms with Gasteiger partial charge in [0.25, 0.3) is 5.56 Å². The van der Waals surface area contributed by atoms with E-state index in [1.165, 1.54) is 23.5 Å². The van der Waals surface area contributed by atoms with Crippen LogP contribution < -0.4 is 11.0 Å². The minimum atomic E-state index is -0.349. The Kier molecular flexibility index (Phi) is 4.58. The van der Waals surface area contributed by atoms with Gasteiger partial charge < -0.3 is 0 Å². The average Bonchev–Trinajstić information content (AvgIpc) is 2.68. The van der Waals surface area contributed by atoms with Gasteiger partial charge in [-0.1, -0.05) is 25.5 Å². The summed E-state index contributed by atoms with van der Waals surface area (Å²) in [4.78, 5) is 31.2. The predicted molar refractivity (Wildman–Crippen MR) is 108 cm³/mol. The van der Waals surface area contributed by atoms with Crippen molar-refractivity contribution in [1.82, 2.24) is 9.55 Å². The third-order valence-corrected chi connectivity index (χ3v) is 5.60. The van der Waals surface area contributed by atoms with Gasteiger partial charge in [-0.3, -0.25) is 14.2 Å². The molecule has 0 amide bonds. The predicted octanol–water partition coefficient (Wildman–Crippen LogP) is 4.58. The Balaban J connectivity index is 2.10. The fraction of sp³-hybridized carbons (Fsp3) is 0.190. The molecule has 0 saturated carbocycles. The van der Waals surface area contributed by atoms with Crippen LogP contribution in [0.25, 0.3) is 31.7 Å². The highest BCUT2D eigenvalue weighted by molar-refractivity contribution is 7.24. The molecule has 136 valence electrons. The second-order valence-corrected chi connectivity index (χ2v) is 7.39. The first-order valence-corrected chi connectivity index (χ1v) is 9.64. The van der Waals surface area contributed by atoms with Gasteiger partial charge in [-0.2, -0.15) is 0 Å². The normalized spacial score (nSPS) is 11.3. The first-order chi connectivity index (χ1) is 13.1. The minimum Gasteiger partial charge on any atom is -0.292 e. The second kappa shape index (κ2) is 7.04. The lowest BCUT2D eigenvalue weighted by Crippen LogP contribution is -2.27. The third kappa shape index (κ3) is 3.06. The van der Waals surface area contributed by atoms with E-state index in [4.69, 9.17) is 0 Å². The highest BCUT2D eigenvalue weighted by atomic mass is 32.1. The number of unbranched alkanes of at least 4 members (excludes halogenated alkanes) is 1. The van der Waals surface area contributed by atoms with Gasteiger partial charge in [0, 0.05) is 22.2 Å². The fourth-order valence-electron chi connectivity index (χ4n) is 3.13. The molecule has 0 aliphatic rings. The molecule has 27 heavy (non-hydrogen) atoms. The van der Waals surface area contributed by atoms with Crippen molar-refractivity contribution in [3.8, 4) is 11.4 Å². The van der Waals surface area contributed by atoms with Crippen molar-refractivity contribution < 1.29 is 4.39 Å². The van der Waals surface area contributed by atoms with Gasteiger partial charge in [-0.25, -0.2) is 9.37 Å². The van der Waals surface area contributed by atoms with E-state index in [1.54, 1.807) is 28.8 Å². The lowest BCUT2D eigenvalue weighted by Gasteiger charge is -2.13. The van der Waals surface area contributed by atoms with Gasteiger partial charge in [-0.05, 0) is 42.8 Å². The number of halogens is 1. The maximum absolute atomic E-state index is 13.3. The summed E-state index contributed by atoms with van der Waals surface area (Å²) in [5.74, 6) is 0.115. The second-order valence-electron chi connectivity index (χ2n) is 6.36. The topological polar surface area (TPSA) is 52.0 Å². The zero-order valence-corrected chi connectivity index (χ0v) is 15.6. The van der Waals surface area contributed by atoms with E-state index in [-0.39, 0.29) is 22.2 Å². The lowest BCUT2D eigenvalue weighted by molar-refractivity contribution is 0.614. The van der Waals surface area contributed by atoms with E-state index in [0.717, 1.165) is 17.5 Å². The van der Waals surface area contributed by atoms with Crippen LogP contribution in [0.5, 0.6) is 0 Å². The lowest BCUT2D eigenvalue weighted by atomic mass is 10.2. The van der Waals surface area contributed by atoms with Crippen molar-refractivity contribution in [3.63, 3.8) is 0 Å². The van der Waals surface area contributed by atoms with Crippen molar-refractivity contribution in [2.24, 2.45) is 0 Å². The molecule has 0 unspecified atom stereocenters. The maximum Gasteiger partial charge on any atom is 0.266 e. The van der Waals surface area contributed by atoms with E-state index in [2.05, 4.69) is 4.98 Å². The van der Waals surface area contributed by atoms with E-state index in [0.29, 0.717) is 28.1 Å². The molecule has 4 nitrogen and oxygen atoms in total. The van der Waals surface area contributed by atoms with Crippen molar-refractivity contribution in [2.75, 3.05) is 0 Å². The summed E-state index contributed by atoms with van der Waals surface area (Å²) in [6.45, 7) is 2.49. The molecule has 0 bridgehead atoms. The van der Waals surface area contributed by atoms with Crippen LogP contribution in [0.3, 0.4) is 0 Å². The molecule has 0 aliphatic heterocycles. The standard InChI is InChI=1S/C21H17FN2O2S/c1-2-3-12-24-19(13-8-10-14(22)11-9-13)23-20-17(21(24)26)18(25)15-6-4-5-7-16(15)27-20/h4-11H,2-3,12H2,1H3. The number of rotatable bonds is 4. The Labute approximate surface area is 158 Å². The molecule has 2 aromatic carbocycles. The Morgan fingerprint density at radius 3 is 2.56 bits per heavy atom. The van der Waals surface area contributed by atoms with E-state index in [9.17, 15) is 14.0 Å². The highest BCUT2D eigenvalue weighted by Gasteiger charge is 2.17.